The van der Waals surface area contributed by atoms with Crippen molar-refractivity contribution in [2.24, 2.45) is 0 Å². The molecule has 0 radical (unpaired) electrons. The highest BCUT2D eigenvalue weighted by Crippen LogP contribution is 2.24. The average Bonchev–Trinajstić information content (AvgIpc) is 2.77. The van der Waals surface area contributed by atoms with Gasteiger partial charge in [-0.25, -0.2) is 13.4 Å². The molecule has 0 aliphatic carbocycles. The molecule has 0 amide bonds. The minimum absolute atomic E-state index is 0.0891. The standard InChI is InChI=1S/C21H26N4O4S/c1-23(2)10-9-20(26)17-5-4-6-18(15-17)24(3)30(27,28)19-7-8-21(22-16-19)25-11-13-29-14-12-25/h4-10,15-16H,11-14H2,1-3H3/b10-9+. The maximum Gasteiger partial charge on any atom is 0.265 e. The monoisotopic (exact) mass is 430 g/mol. The van der Waals surface area contributed by atoms with Crippen molar-refractivity contribution in [3.05, 3.63) is 60.4 Å². The molecule has 3 rings (SSSR count). The summed E-state index contributed by atoms with van der Waals surface area (Å²) in [4.78, 5) is 20.6. The molecule has 1 fully saturated rings. The predicted octanol–water partition coefficient (Wildman–Crippen LogP) is 2.00. The van der Waals surface area contributed by atoms with Crippen LogP contribution >= 0.6 is 0 Å². The normalized spacial score (nSPS) is 14.7. The number of sulfonamides is 1. The van der Waals surface area contributed by atoms with Crippen LogP contribution in [-0.2, 0) is 14.8 Å². The van der Waals surface area contributed by atoms with Gasteiger partial charge in [-0.3, -0.25) is 9.10 Å². The second kappa shape index (κ2) is 9.27. The van der Waals surface area contributed by atoms with Gasteiger partial charge in [0.05, 0.1) is 18.9 Å². The van der Waals surface area contributed by atoms with E-state index in [0.717, 1.165) is 23.2 Å². The minimum atomic E-state index is -3.82. The van der Waals surface area contributed by atoms with Crippen LogP contribution in [0.5, 0.6) is 0 Å². The van der Waals surface area contributed by atoms with Crippen LogP contribution in [0, 0.1) is 0 Å². The highest BCUT2D eigenvalue weighted by Gasteiger charge is 2.23. The van der Waals surface area contributed by atoms with E-state index in [-0.39, 0.29) is 10.7 Å². The van der Waals surface area contributed by atoms with Crippen molar-refractivity contribution in [2.45, 2.75) is 4.90 Å². The molecule has 0 bridgehead atoms. The number of carbonyl (C=O) groups is 1. The lowest BCUT2D eigenvalue weighted by Crippen LogP contribution is -2.36. The number of carbonyl (C=O) groups excluding carboxylic acids is 1. The Bertz CT molecular complexity index is 1010. The zero-order chi connectivity index (χ0) is 21.7. The van der Waals surface area contributed by atoms with Gasteiger partial charge in [-0.05, 0) is 24.3 Å². The first-order chi connectivity index (χ1) is 14.3. The lowest BCUT2D eigenvalue weighted by Gasteiger charge is -2.28. The SMILES string of the molecule is CN(C)/C=C/C(=O)c1cccc(N(C)S(=O)(=O)c2ccc(N3CCOCC3)nc2)c1. The van der Waals surface area contributed by atoms with E-state index in [1.54, 1.807) is 47.5 Å². The molecule has 9 heteroatoms. The van der Waals surface area contributed by atoms with E-state index >= 15 is 0 Å². The summed E-state index contributed by atoms with van der Waals surface area (Å²) in [6.45, 7) is 2.71. The number of aromatic nitrogens is 1. The molecule has 1 aliphatic rings. The Hall–Kier alpha value is -2.91. The Labute approximate surface area is 177 Å². The fraction of sp³-hybridized carbons (Fsp3) is 0.333. The molecule has 30 heavy (non-hydrogen) atoms. The summed E-state index contributed by atoms with van der Waals surface area (Å²) < 4.78 is 32.6. The van der Waals surface area contributed by atoms with Crippen LogP contribution in [0.2, 0.25) is 0 Å². The molecule has 0 spiro atoms. The van der Waals surface area contributed by atoms with E-state index in [2.05, 4.69) is 9.88 Å². The highest BCUT2D eigenvalue weighted by molar-refractivity contribution is 7.92. The van der Waals surface area contributed by atoms with Gasteiger partial charge in [-0.1, -0.05) is 12.1 Å². The Morgan fingerprint density at radius 2 is 1.87 bits per heavy atom. The summed E-state index contributed by atoms with van der Waals surface area (Å²) in [5.74, 6) is 0.521. The first-order valence-corrected chi connectivity index (χ1v) is 11.0. The van der Waals surface area contributed by atoms with E-state index in [0.29, 0.717) is 24.5 Å². The van der Waals surface area contributed by atoms with Gasteiger partial charge < -0.3 is 14.5 Å². The number of ketones is 1. The van der Waals surface area contributed by atoms with Crippen LogP contribution in [0.15, 0.2) is 59.8 Å². The van der Waals surface area contributed by atoms with Crippen LogP contribution in [0.1, 0.15) is 10.4 Å². The molecule has 1 aliphatic heterocycles. The molecule has 160 valence electrons. The van der Waals surface area contributed by atoms with Crippen molar-refractivity contribution in [1.29, 1.82) is 0 Å². The third-order valence-electron chi connectivity index (χ3n) is 4.73. The highest BCUT2D eigenvalue weighted by atomic mass is 32.2. The Morgan fingerprint density at radius 3 is 2.50 bits per heavy atom. The van der Waals surface area contributed by atoms with Gasteiger partial charge in [0.1, 0.15) is 10.7 Å². The number of allylic oxidation sites excluding steroid dienone is 1. The summed E-state index contributed by atoms with van der Waals surface area (Å²) in [5, 5.41) is 0. The molecule has 0 atom stereocenters. The molecule has 2 aromatic rings. The maximum atomic E-state index is 13.1. The molecular formula is C21H26N4O4S. The van der Waals surface area contributed by atoms with Crippen LogP contribution in [-0.4, -0.2) is 71.5 Å². The van der Waals surface area contributed by atoms with Gasteiger partial charge in [0.15, 0.2) is 5.78 Å². The van der Waals surface area contributed by atoms with Crippen molar-refractivity contribution >= 4 is 27.3 Å². The zero-order valence-corrected chi connectivity index (χ0v) is 18.2. The van der Waals surface area contributed by atoms with Gasteiger partial charge in [0, 0.05) is 58.3 Å². The molecule has 2 heterocycles. The average molecular weight is 431 g/mol. The van der Waals surface area contributed by atoms with Gasteiger partial charge >= 0.3 is 0 Å². The van der Waals surface area contributed by atoms with Crippen LogP contribution < -0.4 is 9.21 Å². The minimum Gasteiger partial charge on any atom is -0.383 e. The summed E-state index contributed by atoms with van der Waals surface area (Å²) in [6.07, 6.45) is 4.46. The van der Waals surface area contributed by atoms with Crippen molar-refractivity contribution in [1.82, 2.24) is 9.88 Å². The van der Waals surface area contributed by atoms with Gasteiger partial charge in [-0.15, -0.1) is 0 Å². The van der Waals surface area contributed by atoms with Crippen molar-refractivity contribution < 1.29 is 17.9 Å². The molecule has 1 aromatic heterocycles. The van der Waals surface area contributed by atoms with Crippen LogP contribution in [0.3, 0.4) is 0 Å². The second-order valence-electron chi connectivity index (χ2n) is 7.12. The zero-order valence-electron chi connectivity index (χ0n) is 17.4. The number of pyridine rings is 1. The van der Waals surface area contributed by atoms with E-state index in [4.69, 9.17) is 4.74 Å². The second-order valence-corrected chi connectivity index (χ2v) is 9.09. The number of hydrogen-bond acceptors (Lipinski definition) is 7. The van der Waals surface area contributed by atoms with Gasteiger partial charge in [-0.2, -0.15) is 0 Å². The van der Waals surface area contributed by atoms with Crippen molar-refractivity contribution in [2.75, 3.05) is 56.7 Å². The molecule has 0 saturated carbocycles. The maximum absolute atomic E-state index is 13.1. The molecule has 8 nitrogen and oxygen atoms in total. The van der Waals surface area contributed by atoms with Crippen LogP contribution in [0.25, 0.3) is 0 Å². The van der Waals surface area contributed by atoms with Gasteiger partial charge in [0.25, 0.3) is 10.0 Å². The predicted molar refractivity (Wildman–Crippen MR) is 116 cm³/mol. The lowest BCUT2D eigenvalue weighted by molar-refractivity contribution is 0.104. The van der Waals surface area contributed by atoms with Crippen molar-refractivity contribution in [3.8, 4) is 0 Å². The summed E-state index contributed by atoms with van der Waals surface area (Å²) in [5.41, 5.74) is 0.810. The Kier molecular flexibility index (Phi) is 6.73. The summed E-state index contributed by atoms with van der Waals surface area (Å²) in [6, 6.07) is 9.80. The number of rotatable bonds is 7. The number of anilines is 2. The van der Waals surface area contributed by atoms with Crippen molar-refractivity contribution in [3.63, 3.8) is 0 Å². The molecular weight excluding hydrogens is 404 g/mol. The number of ether oxygens (including phenoxy) is 1. The molecule has 0 unspecified atom stereocenters. The lowest BCUT2D eigenvalue weighted by atomic mass is 10.1. The summed E-state index contributed by atoms with van der Waals surface area (Å²) in [7, 11) is 1.28. The molecule has 0 N–H and O–H groups in total. The summed E-state index contributed by atoms with van der Waals surface area (Å²) >= 11 is 0. The van der Waals surface area contributed by atoms with E-state index in [1.807, 2.05) is 14.1 Å². The number of hydrogen-bond donors (Lipinski definition) is 0. The first-order valence-electron chi connectivity index (χ1n) is 9.56. The molecule has 1 aromatic carbocycles. The fourth-order valence-corrected chi connectivity index (χ4v) is 4.10. The Balaban J connectivity index is 1.81. The number of morpholine rings is 1. The number of benzene rings is 1. The van der Waals surface area contributed by atoms with Gasteiger partial charge in [0.2, 0.25) is 0 Å². The third kappa shape index (κ3) is 4.98. The smallest absolute Gasteiger partial charge is 0.265 e. The largest absolute Gasteiger partial charge is 0.383 e. The van der Waals surface area contributed by atoms with E-state index < -0.39 is 10.0 Å². The number of nitrogens with zero attached hydrogens (tertiary/aromatic N) is 4. The third-order valence-corrected chi connectivity index (χ3v) is 6.50. The molecule has 1 saturated heterocycles. The Morgan fingerprint density at radius 1 is 1.13 bits per heavy atom. The first kappa shape index (κ1) is 21.8. The fourth-order valence-electron chi connectivity index (χ4n) is 2.97. The van der Waals surface area contributed by atoms with E-state index in [9.17, 15) is 13.2 Å². The topological polar surface area (TPSA) is 83.1 Å². The quantitative estimate of drug-likeness (QED) is 0.491. The van der Waals surface area contributed by atoms with E-state index in [1.165, 1.54) is 19.3 Å². The van der Waals surface area contributed by atoms with Crippen LogP contribution in [0.4, 0.5) is 11.5 Å².